The molecule has 2 heterocycles. The van der Waals surface area contributed by atoms with Crippen LogP contribution in [-0.4, -0.2) is 33.7 Å². The van der Waals surface area contributed by atoms with Gasteiger partial charge in [0, 0.05) is 44.4 Å². The zero-order chi connectivity index (χ0) is 16.3. The van der Waals surface area contributed by atoms with E-state index in [9.17, 15) is 4.79 Å². The second-order valence-corrected chi connectivity index (χ2v) is 7.10. The molecular formula is C19H25N3O. The summed E-state index contributed by atoms with van der Waals surface area (Å²) in [6.07, 6.45) is 5.15. The maximum Gasteiger partial charge on any atom is 0.222 e. The number of rotatable bonds is 5. The van der Waals surface area contributed by atoms with Crippen molar-refractivity contribution in [2.75, 3.05) is 13.1 Å². The number of amides is 1. The molecular weight excluding hydrogens is 286 g/mol. The summed E-state index contributed by atoms with van der Waals surface area (Å²) >= 11 is 0. The topological polar surface area (TPSA) is 38.1 Å². The predicted molar refractivity (Wildman–Crippen MR) is 91.0 cm³/mol. The van der Waals surface area contributed by atoms with Crippen LogP contribution >= 0.6 is 0 Å². The Morgan fingerprint density at radius 3 is 2.74 bits per heavy atom. The normalized spacial score (nSPS) is 19.9. The van der Waals surface area contributed by atoms with Gasteiger partial charge < -0.3 is 4.90 Å². The molecule has 3 rings (SSSR count). The summed E-state index contributed by atoms with van der Waals surface area (Å²) in [5, 5.41) is 4.18. The molecule has 1 unspecified atom stereocenters. The average Bonchev–Trinajstić information content (AvgIpc) is 3.15. The standard InChI is InChI=1S/C19H25N3O/c1-19(2)15-21(14-17(19)16-8-4-3-5-9-16)18(23)10-6-12-22-13-7-11-20-22/h3-5,7-9,11,13,17H,6,10,12,14-15H2,1-2H3. The minimum absolute atomic E-state index is 0.124. The van der Waals surface area contributed by atoms with Gasteiger partial charge in [-0.3, -0.25) is 9.48 Å². The van der Waals surface area contributed by atoms with Crippen molar-refractivity contribution in [1.29, 1.82) is 0 Å². The molecule has 0 spiro atoms. The Morgan fingerprint density at radius 2 is 2.04 bits per heavy atom. The lowest BCUT2D eigenvalue weighted by Crippen LogP contribution is -2.30. The van der Waals surface area contributed by atoms with Crippen LogP contribution < -0.4 is 0 Å². The highest BCUT2D eigenvalue weighted by molar-refractivity contribution is 5.76. The van der Waals surface area contributed by atoms with Crippen LogP contribution in [0.1, 0.15) is 38.2 Å². The van der Waals surface area contributed by atoms with E-state index in [-0.39, 0.29) is 11.3 Å². The van der Waals surface area contributed by atoms with E-state index in [0.717, 1.165) is 26.1 Å². The third-order valence-electron chi connectivity index (χ3n) is 4.84. The van der Waals surface area contributed by atoms with E-state index in [0.29, 0.717) is 12.3 Å². The van der Waals surface area contributed by atoms with Crippen molar-refractivity contribution in [3.05, 3.63) is 54.4 Å². The van der Waals surface area contributed by atoms with E-state index in [4.69, 9.17) is 0 Å². The fraction of sp³-hybridized carbons (Fsp3) is 0.474. The van der Waals surface area contributed by atoms with E-state index < -0.39 is 0 Å². The smallest absolute Gasteiger partial charge is 0.222 e. The van der Waals surface area contributed by atoms with Crippen molar-refractivity contribution in [1.82, 2.24) is 14.7 Å². The molecule has 1 fully saturated rings. The summed E-state index contributed by atoms with van der Waals surface area (Å²) in [5.74, 6) is 0.683. The van der Waals surface area contributed by atoms with Crippen molar-refractivity contribution >= 4 is 5.91 Å². The molecule has 1 aliphatic rings. The lowest BCUT2D eigenvalue weighted by atomic mass is 9.78. The Labute approximate surface area is 138 Å². The van der Waals surface area contributed by atoms with Crippen molar-refractivity contribution in [2.45, 2.75) is 39.2 Å². The second-order valence-electron chi connectivity index (χ2n) is 7.10. The Kier molecular flexibility index (Phi) is 4.51. The van der Waals surface area contributed by atoms with Crippen LogP contribution in [-0.2, 0) is 11.3 Å². The van der Waals surface area contributed by atoms with E-state index in [1.807, 2.05) is 27.9 Å². The first kappa shape index (κ1) is 15.8. The van der Waals surface area contributed by atoms with Gasteiger partial charge in [-0.2, -0.15) is 5.10 Å². The Bertz CT molecular complexity index is 634. The van der Waals surface area contributed by atoms with Gasteiger partial charge in [0.15, 0.2) is 0 Å². The second kappa shape index (κ2) is 6.57. The minimum Gasteiger partial charge on any atom is -0.342 e. The number of nitrogens with zero attached hydrogens (tertiary/aromatic N) is 3. The molecule has 0 saturated carbocycles. The number of benzene rings is 1. The highest BCUT2D eigenvalue weighted by Crippen LogP contribution is 2.42. The molecule has 1 amide bonds. The number of aromatic nitrogens is 2. The van der Waals surface area contributed by atoms with Gasteiger partial charge in [-0.25, -0.2) is 0 Å². The first-order chi connectivity index (χ1) is 11.1. The SMILES string of the molecule is CC1(C)CN(C(=O)CCCn2cccn2)CC1c1ccccc1. The van der Waals surface area contributed by atoms with Gasteiger partial charge in [-0.1, -0.05) is 44.2 Å². The molecule has 23 heavy (non-hydrogen) atoms. The monoisotopic (exact) mass is 311 g/mol. The molecule has 0 aliphatic carbocycles. The minimum atomic E-state index is 0.124. The molecule has 0 N–H and O–H groups in total. The van der Waals surface area contributed by atoms with Crippen LogP contribution in [0.5, 0.6) is 0 Å². The highest BCUT2D eigenvalue weighted by Gasteiger charge is 2.41. The van der Waals surface area contributed by atoms with Crippen molar-refractivity contribution in [3.63, 3.8) is 0 Å². The van der Waals surface area contributed by atoms with Crippen molar-refractivity contribution < 1.29 is 4.79 Å². The van der Waals surface area contributed by atoms with Crippen LogP contribution in [0.25, 0.3) is 0 Å². The van der Waals surface area contributed by atoms with Crippen LogP contribution in [0.15, 0.2) is 48.8 Å². The molecule has 1 aromatic carbocycles. The maximum absolute atomic E-state index is 12.5. The van der Waals surface area contributed by atoms with Crippen LogP contribution in [0, 0.1) is 5.41 Å². The van der Waals surface area contributed by atoms with Gasteiger partial charge in [0.05, 0.1) is 0 Å². The van der Waals surface area contributed by atoms with Gasteiger partial charge in [-0.15, -0.1) is 0 Å². The number of likely N-dealkylation sites (tertiary alicyclic amines) is 1. The first-order valence-corrected chi connectivity index (χ1v) is 8.36. The van der Waals surface area contributed by atoms with Gasteiger partial charge in [0.1, 0.15) is 0 Å². The Hall–Kier alpha value is -2.10. The van der Waals surface area contributed by atoms with Gasteiger partial charge in [0.25, 0.3) is 0 Å². The third-order valence-corrected chi connectivity index (χ3v) is 4.84. The van der Waals surface area contributed by atoms with Crippen molar-refractivity contribution in [3.8, 4) is 0 Å². The lowest BCUT2D eigenvalue weighted by molar-refractivity contribution is -0.130. The third kappa shape index (κ3) is 3.63. The molecule has 0 radical (unpaired) electrons. The molecule has 1 saturated heterocycles. The maximum atomic E-state index is 12.5. The zero-order valence-electron chi connectivity index (χ0n) is 14.0. The quantitative estimate of drug-likeness (QED) is 0.849. The Balaban J connectivity index is 1.57. The number of carbonyl (C=O) groups is 1. The summed E-state index contributed by atoms with van der Waals surface area (Å²) in [7, 11) is 0. The molecule has 2 aromatic rings. The van der Waals surface area contributed by atoms with Gasteiger partial charge in [-0.05, 0) is 23.5 Å². The summed E-state index contributed by atoms with van der Waals surface area (Å²) < 4.78 is 1.88. The van der Waals surface area contributed by atoms with Crippen molar-refractivity contribution in [2.24, 2.45) is 5.41 Å². The number of carbonyl (C=O) groups excluding carboxylic acids is 1. The molecule has 1 atom stereocenters. The average molecular weight is 311 g/mol. The fourth-order valence-corrected chi connectivity index (χ4v) is 3.55. The van der Waals surface area contributed by atoms with E-state index in [1.165, 1.54) is 5.56 Å². The van der Waals surface area contributed by atoms with Crippen LogP contribution in [0.2, 0.25) is 0 Å². The molecule has 1 aliphatic heterocycles. The number of aryl methyl sites for hydroxylation is 1. The fourth-order valence-electron chi connectivity index (χ4n) is 3.55. The molecule has 1 aromatic heterocycles. The molecule has 4 heteroatoms. The Morgan fingerprint density at radius 1 is 1.26 bits per heavy atom. The number of hydrogen-bond acceptors (Lipinski definition) is 2. The zero-order valence-corrected chi connectivity index (χ0v) is 14.0. The van der Waals surface area contributed by atoms with Crippen LogP contribution in [0.4, 0.5) is 0 Å². The van der Waals surface area contributed by atoms with E-state index in [1.54, 1.807) is 6.20 Å². The summed E-state index contributed by atoms with van der Waals surface area (Å²) in [6, 6.07) is 12.5. The lowest BCUT2D eigenvalue weighted by Gasteiger charge is -2.25. The van der Waals surface area contributed by atoms with Crippen LogP contribution in [0.3, 0.4) is 0 Å². The molecule has 122 valence electrons. The largest absolute Gasteiger partial charge is 0.342 e. The van der Waals surface area contributed by atoms with E-state index in [2.05, 4.69) is 43.2 Å². The number of hydrogen-bond donors (Lipinski definition) is 0. The van der Waals surface area contributed by atoms with Gasteiger partial charge >= 0.3 is 0 Å². The highest BCUT2D eigenvalue weighted by atomic mass is 16.2. The van der Waals surface area contributed by atoms with Gasteiger partial charge in [0.2, 0.25) is 5.91 Å². The summed E-state index contributed by atoms with van der Waals surface area (Å²) in [6.45, 7) is 7.01. The summed E-state index contributed by atoms with van der Waals surface area (Å²) in [4.78, 5) is 14.6. The molecule has 0 bridgehead atoms. The predicted octanol–water partition coefficient (Wildman–Crippen LogP) is 3.32. The summed E-state index contributed by atoms with van der Waals surface area (Å²) in [5.41, 5.74) is 1.46. The molecule has 4 nitrogen and oxygen atoms in total. The van der Waals surface area contributed by atoms with E-state index >= 15 is 0 Å². The first-order valence-electron chi connectivity index (χ1n) is 8.36.